The highest BCUT2D eigenvalue weighted by atomic mass is 32.2. The number of nitrogen functional groups attached to an aromatic ring is 1. The monoisotopic (exact) mass is 1300 g/mol. The molecule has 0 aliphatic carbocycles. The van der Waals surface area contributed by atoms with E-state index in [0.717, 1.165) is 44.4 Å². The number of aliphatic hydroxyl groups is 3. The number of fused-ring (bicyclic) bond motifs is 1. The summed E-state index contributed by atoms with van der Waals surface area (Å²) >= 11 is 4.25. The van der Waals surface area contributed by atoms with Crippen LogP contribution in [0.15, 0.2) is 34.8 Å². The highest BCUT2D eigenvalue weighted by Gasteiger charge is 2.43. The molecule has 0 radical (unpaired) electrons. The Morgan fingerprint density at radius 2 is 1.53 bits per heavy atom. The molecule has 3 aromatic rings. The third kappa shape index (κ3) is 23.1. The minimum atomic E-state index is -1.81. The van der Waals surface area contributed by atoms with Crippen molar-refractivity contribution in [3.05, 3.63) is 68.3 Å². The predicted molar refractivity (Wildman–Crippen MR) is 335 cm³/mol. The number of carbonyl (C=O) groups excluding carboxylic acids is 9. The second-order valence-electron chi connectivity index (χ2n) is 21.6. The van der Waals surface area contributed by atoms with Crippen LogP contribution in [0.3, 0.4) is 0 Å². The topological polar surface area (TPSA) is 506 Å². The zero-order chi connectivity index (χ0) is 65.3. The van der Waals surface area contributed by atoms with E-state index in [2.05, 4.69) is 84.7 Å². The number of urea groups is 1. The molecule has 2 saturated heterocycles. The fourth-order valence-corrected chi connectivity index (χ4v) is 12.3. The van der Waals surface area contributed by atoms with Gasteiger partial charge in [0.1, 0.15) is 46.2 Å². The Balaban J connectivity index is 0.991. The molecule has 0 bridgehead atoms. The number of hydrogen-bond acceptors (Lipinski definition) is 23. The van der Waals surface area contributed by atoms with E-state index in [1.165, 1.54) is 63.3 Å². The Kier molecular flexibility index (Phi) is 29.4. The molecular weight excluding hydrogens is 1210 g/mol. The van der Waals surface area contributed by atoms with Crippen LogP contribution in [0.1, 0.15) is 140 Å². The largest absolute Gasteiger partial charge is 0.396 e. The minimum Gasteiger partial charge on any atom is -0.396 e. The molecular formula is C55H85N19O12S3. The number of aromatic nitrogens is 5. The second kappa shape index (κ2) is 36.3. The molecule has 2 fully saturated rings. The van der Waals surface area contributed by atoms with Crippen LogP contribution in [0.5, 0.6) is 0 Å². The van der Waals surface area contributed by atoms with Crippen LogP contribution in [0.25, 0.3) is 5.70 Å². The molecule has 0 aromatic carbocycles. The van der Waals surface area contributed by atoms with Crippen LogP contribution in [0.2, 0.25) is 0 Å². The molecule has 0 saturated carbocycles. The lowest BCUT2D eigenvalue weighted by molar-refractivity contribution is -0.136. The Bertz CT molecular complexity index is 2950. The third-order valence-corrected chi connectivity index (χ3v) is 17.8. The molecule has 5 rings (SSSR count). The number of nitrogens with one attached hydrogen (secondary N) is 11. The lowest BCUT2D eigenvalue weighted by Crippen LogP contribution is -2.57. The summed E-state index contributed by atoms with van der Waals surface area (Å²) in [5, 5.41) is 65.3. The normalized spacial score (nSPS) is 18.1. The molecule has 34 heteroatoms. The van der Waals surface area contributed by atoms with Crippen molar-refractivity contribution in [2.75, 3.05) is 50.8 Å². The van der Waals surface area contributed by atoms with Crippen molar-refractivity contribution in [2.45, 2.75) is 152 Å². The highest BCUT2D eigenvalue weighted by molar-refractivity contribution is 8.06. The minimum absolute atomic E-state index is 0.000982. The van der Waals surface area contributed by atoms with Crippen LogP contribution in [-0.4, -0.2) is 186 Å². The summed E-state index contributed by atoms with van der Waals surface area (Å²) in [6.45, 7) is 11.9. The molecule has 0 spiro atoms. The van der Waals surface area contributed by atoms with Gasteiger partial charge in [-0.1, -0.05) is 19.9 Å². The van der Waals surface area contributed by atoms with Crippen molar-refractivity contribution in [1.29, 1.82) is 0 Å². The molecule has 0 unspecified atom stereocenters. The predicted octanol–water partition coefficient (Wildman–Crippen LogP) is -1.83. The average Bonchev–Trinajstić information content (AvgIpc) is 3.75. The number of aliphatic hydroxyl groups excluding tert-OH is 3. The van der Waals surface area contributed by atoms with Crippen molar-refractivity contribution in [3.63, 3.8) is 0 Å². The van der Waals surface area contributed by atoms with Crippen molar-refractivity contribution >= 4 is 99.7 Å². The van der Waals surface area contributed by atoms with Crippen LogP contribution in [0, 0.1) is 12.8 Å². The summed E-state index contributed by atoms with van der Waals surface area (Å²) in [7, 11) is 0. The number of hydrogen-bond donors (Lipinski definition) is 18. The fraction of sp³-hybridized carbons (Fsp3) is 0.582. The van der Waals surface area contributed by atoms with E-state index in [1.807, 2.05) is 11.8 Å². The number of thioether (sulfide) groups is 2. The average molecular weight is 1300 g/mol. The van der Waals surface area contributed by atoms with E-state index in [1.54, 1.807) is 10.8 Å². The van der Waals surface area contributed by atoms with Crippen molar-refractivity contribution in [3.8, 4) is 0 Å². The number of imidazole rings is 1. The van der Waals surface area contributed by atoms with Gasteiger partial charge >= 0.3 is 6.03 Å². The van der Waals surface area contributed by atoms with Crippen LogP contribution >= 0.6 is 34.9 Å². The maximum Gasteiger partial charge on any atom is 0.315 e. The molecule has 490 valence electrons. The molecule has 11 atom stereocenters. The number of nitrogens with two attached hydrogens (primary N) is 4. The van der Waals surface area contributed by atoms with Gasteiger partial charge in [-0.2, -0.15) is 11.8 Å². The molecule has 22 N–H and O–H groups in total. The van der Waals surface area contributed by atoms with Crippen molar-refractivity contribution in [1.82, 2.24) is 78.1 Å². The summed E-state index contributed by atoms with van der Waals surface area (Å²) in [6.07, 6.45) is 3.04. The van der Waals surface area contributed by atoms with E-state index in [0.29, 0.717) is 47.6 Å². The molecule has 2 aliphatic heterocycles. The van der Waals surface area contributed by atoms with E-state index >= 15 is 0 Å². The fourth-order valence-electron chi connectivity index (χ4n) is 9.34. The lowest BCUT2D eigenvalue weighted by atomic mass is 9.96. The second-order valence-corrected chi connectivity index (χ2v) is 24.8. The van der Waals surface area contributed by atoms with Gasteiger partial charge in [0.05, 0.1) is 66.2 Å². The van der Waals surface area contributed by atoms with Crippen LogP contribution in [0.4, 0.5) is 10.6 Å². The number of nitrogens with zero attached hydrogens (tertiary/aromatic N) is 4. The van der Waals surface area contributed by atoms with Gasteiger partial charge in [-0.3, -0.25) is 38.4 Å². The number of amides is 10. The maximum absolute atomic E-state index is 14.0. The lowest BCUT2D eigenvalue weighted by Gasteiger charge is -2.30. The summed E-state index contributed by atoms with van der Waals surface area (Å²) in [4.78, 5) is 135. The Labute approximate surface area is 527 Å². The number of primary amides is 2. The number of unbranched alkanes of at least 4 members (excludes halogenated alkanes) is 2. The van der Waals surface area contributed by atoms with Gasteiger partial charge in [-0.25, -0.2) is 24.7 Å². The quantitative estimate of drug-likeness (QED) is 0.0220. The Morgan fingerprint density at radius 1 is 0.798 bits per heavy atom. The molecule has 10 amide bonds. The van der Waals surface area contributed by atoms with Gasteiger partial charge in [-0.05, 0) is 77.3 Å². The molecule has 2 aliphatic rings. The van der Waals surface area contributed by atoms with E-state index in [9.17, 15) is 58.5 Å². The number of H-pyrrole nitrogens is 1. The standard InChI is InChI=1S/C55H85N19O12S3/c1-27(87-23-32(56)54-68-36(25-89-54)50(82)64-18-10-16-60-15-8-9-17-63-40(78)12-7-6-11-37-43-35(24-88-37)69-55(86)73-43)13-19-65-51(83)42(31(5)75)71-49(81)29(3)45(79)30(4)67-53(85)44(46(80)34-22-61-26-66-34)72-52(84)41-28(2)47(59)74-48(70-41)33(21-39(58)77)62-20-14-38(57)76/h22-23,25-26,29-31,33,35,37,42-46,60,62,75,79-80H,1,6-21,24,56H2,2-5H3,(H2,57,76)(H2,58,77)(H,61,66)(H,63,78)(H,64,82)(H,65,83)(H,67,85)(H,71,81)(H,72,84)(H2,59,70,74)(H2,69,73,86)/b32-23-/t29-,30+,31+,33-,35-,37-,42-,43-,44-,45-,46-/m0/s1. The number of carbonyl (C=O) groups is 9. The van der Waals surface area contributed by atoms with Gasteiger partial charge in [0.15, 0.2) is 0 Å². The van der Waals surface area contributed by atoms with Gasteiger partial charge in [0, 0.05) is 72.8 Å². The van der Waals surface area contributed by atoms with Gasteiger partial charge in [0.2, 0.25) is 35.4 Å². The van der Waals surface area contributed by atoms with Crippen molar-refractivity contribution < 1.29 is 58.5 Å². The van der Waals surface area contributed by atoms with Crippen molar-refractivity contribution in [2.24, 2.45) is 23.1 Å². The van der Waals surface area contributed by atoms with Gasteiger partial charge < -0.3 is 96.4 Å². The number of anilines is 1. The summed E-state index contributed by atoms with van der Waals surface area (Å²) in [5.41, 5.74) is 23.3. The number of rotatable bonds is 40. The zero-order valence-corrected chi connectivity index (χ0v) is 52.7. The first-order valence-electron chi connectivity index (χ1n) is 29.2. The highest BCUT2D eigenvalue weighted by Crippen LogP contribution is 2.33. The molecule has 5 heterocycles. The van der Waals surface area contributed by atoms with E-state index in [4.69, 9.17) is 22.9 Å². The summed E-state index contributed by atoms with van der Waals surface area (Å²) < 4.78 is 0. The number of aromatic amines is 1. The van der Waals surface area contributed by atoms with Crippen LogP contribution < -0.4 is 76.1 Å². The number of thiazole rings is 1. The third-order valence-electron chi connectivity index (χ3n) is 14.5. The van der Waals surface area contributed by atoms with E-state index < -0.39 is 83.8 Å². The molecule has 3 aromatic heterocycles. The smallest absolute Gasteiger partial charge is 0.315 e. The van der Waals surface area contributed by atoms with Gasteiger partial charge in [0.25, 0.3) is 11.8 Å². The zero-order valence-electron chi connectivity index (χ0n) is 50.2. The van der Waals surface area contributed by atoms with Gasteiger partial charge in [-0.15, -0.1) is 23.1 Å². The molecule has 31 nitrogen and oxygen atoms in total. The molecule has 89 heavy (non-hydrogen) atoms. The SMILES string of the molecule is C=C(CCNC(=O)[C@@H](NC(=O)[C@@H](C)[C@H](O)[C@@H](C)NC(=O)[C@@H](NC(=O)c1nc([C@H](CC(N)=O)NCCC(N)=O)nc(N)c1C)[C@@H](O)c1cnc[nH]1)[C@@H](C)O)S/C=C(\N)c1nc(C(=O)NCCCNCCCCNC(=O)CCCC[C@@H]2SC[C@@H]3NC(=O)N[C@@H]32)cs1. The Morgan fingerprint density at radius 3 is 2.24 bits per heavy atom. The first-order chi connectivity index (χ1) is 42.3. The maximum atomic E-state index is 14.0. The Hall–Kier alpha value is -7.47. The summed E-state index contributed by atoms with van der Waals surface area (Å²) in [6, 6.07) is -5.24. The van der Waals surface area contributed by atoms with E-state index in [-0.39, 0.29) is 102 Å². The summed E-state index contributed by atoms with van der Waals surface area (Å²) in [5.74, 6) is -6.10. The first kappa shape index (κ1) is 72.3. The first-order valence-corrected chi connectivity index (χ1v) is 32.0. The van der Waals surface area contributed by atoms with Crippen LogP contribution in [-0.2, 0) is 28.8 Å².